The van der Waals surface area contributed by atoms with Crippen molar-refractivity contribution in [3.8, 4) is 5.75 Å². The number of aryl methyl sites for hydroxylation is 1. The van der Waals surface area contributed by atoms with Crippen LogP contribution < -0.4 is 10.5 Å². The van der Waals surface area contributed by atoms with Crippen molar-refractivity contribution < 1.29 is 9.13 Å². The normalized spacial score (nSPS) is 13.8. The first-order valence-electron chi connectivity index (χ1n) is 6.84. The Morgan fingerprint density at radius 3 is 2.20 bits per heavy atom. The quantitative estimate of drug-likeness (QED) is 0.894. The Kier molecular flexibility index (Phi) is 4.74. The Morgan fingerprint density at radius 2 is 1.65 bits per heavy atom. The first kappa shape index (κ1) is 14.5. The highest BCUT2D eigenvalue weighted by Gasteiger charge is 2.20. The maximum atomic E-state index is 12.9. The van der Waals surface area contributed by atoms with Gasteiger partial charge in [-0.3, -0.25) is 0 Å². The van der Waals surface area contributed by atoms with Crippen LogP contribution in [0.5, 0.6) is 5.75 Å². The van der Waals surface area contributed by atoms with Crippen molar-refractivity contribution in [1.29, 1.82) is 0 Å². The molecule has 20 heavy (non-hydrogen) atoms. The molecule has 2 atom stereocenters. The molecule has 2 rings (SSSR count). The molecule has 2 unspecified atom stereocenters. The third-order valence-corrected chi connectivity index (χ3v) is 3.34. The first-order chi connectivity index (χ1) is 9.60. The molecule has 0 saturated carbocycles. The van der Waals surface area contributed by atoms with Gasteiger partial charge in [-0.2, -0.15) is 0 Å². The smallest absolute Gasteiger partial charge is 0.139 e. The van der Waals surface area contributed by atoms with Crippen molar-refractivity contribution in [2.75, 3.05) is 0 Å². The van der Waals surface area contributed by atoms with E-state index >= 15 is 0 Å². The van der Waals surface area contributed by atoms with Gasteiger partial charge >= 0.3 is 0 Å². The van der Waals surface area contributed by atoms with E-state index in [0.717, 1.165) is 12.0 Å². The molecule has 0 amide bonds. The highest BCUT2D eigenvalue weighted by Crippen LogP contribution is 2.26. The Hall–Kier alpha value is -1.87. The van der Waals surface area contributed by atoms with Gasteiger partial charge < -0.3 is 10.5 Å². The second kappa shape index (κ2) is 6.53. The number of nitrogens with two attached hydrogens (primary N) is 1. The van der Waals surface area contributed by atoms with Gasteiger partial charge in [-0.1, -0.05) is 36.8 Å². The Labute approximate surface area is 119 Å². The van der Waals surface area contributed by atoms with Crippen LogP contribution >= 0.6 is 0 Å². The molecule has 2 aromatic carbocycles. The predicted octanol–water partition coefficient (Wildman–Crippen LogP) is 3.99. The molecule has 106 valence electrons. The molecule has 0 aliphatic rings. The number of ether oxygens (including phenoxy) is 1. The first-order valence-corrected chi connectivity index (χ1v) is 6.84. The minimum absolute atomic E-state index is 0.109. The van der Waals surface area contributed by atoms with Gasteiger partial charge in [-0.05, 0) is 43.2 Å². The van der Waals surface area contributed by atoms with Crippen LogP contribution in [0.2, 0.25) is 0 Å². The van der Waals surface area contributed by atoms with Crippen LogP contribution in [0.15, 0.2) is 48.5 Å². The van der Waals surface area contributed by atoms with E-state index in [2.05, 4.69) is 0 Å². The third-order valence-electron chi connectivity index (χ3n) is 3.34. The zero-order chi connectivity index (χ0) is 14.5. The van der Waals surface area contributed by atoms with Crippen molar-refractivity contribution in [3.63, 3.8) is 0 Å². The van der Waals surface area contributed by atoms with Crippen molar-refractivity contribution >= 4 is 0 Å². The van der Waals surface area contributed by atoms with Crippen LogP contribution in [0.25, 0.3) is 0 Å². The van der Waals surface area contributed by atoms with Crippen LogP contribution in [0.4, 0.5) is 4.39 Å². The van der Waals surface area contributed by atoms with Crippen molar-refractivity contribution in [2.24, 2.45) is 5.73 Å². The van der Waals surface area contributed by atoms with E-state index < -0.39 is 0 Å². The molecule has 0 fully saturated rings. The van der Waals surface area contributed by atoms with Gasteiger partial charge in [-0.25, -0.2) is 4.39 Å². The molecule has 0 aliphatic heterocycles. The molecule has 2 aromatic rings. The number of rotatable bonds is 5. The highest BCUT2D eigenvalue weighted by molar-refractivity contribution is 5.28. The SMILES string of the molecule is CCC(N)C(Oc1ccc(F)cc1)c1ccc(C)cc1. The zero-order valence-corrected chi connectivity index (χ0v) is 11.8. The Morgan fingerprint density at radius 1 is 1.05 bits per heavy atom. The van der Waals surface area contributed by atoms with E-state index in [1.165, 1.54) is 17.7 Å². The van der Waals surface area contributed by atoms with Crippen LogP contribution in [0, 0.1) is 12.7 Å². The highest BCUT2D eigenvalue weighted by atomic mass is 19.1. The van der Waals surface area contributed by atoms with E-state index in [1.807, 2.05) is 38.1 Å². The van der Waals surface area contributed by atoms with Gasteiger partial charge in [0.05, 0.1) is 0 Å². The number of hydrogen-bond donors (Lipinski definition) is 1. The van der Waals surface area contributed by atoms with E-state index in [9.17, 15) is 4.39 Å². The lowest BCUT2D eigenvalue weighted by atomic mass is 10.00. The average molecular weight is 273 g/mol. The van der Waals surface area contributed by atoms with Gasteiger partial charge in [0, 0.05) is 6.04 Å². The lowest BCUT2D eigenvalue weighted by molar-refractivity contribution is 0.171. The summed E-state index contributed by atoms with van der Waals surface area (Å²) >= 11 is 0. The minimum Gasteiger partial charge on any atom is -0.484 e. The summed E-state index contributed by atoms with van der Waals surface area (Å²) in [6.45, 7) is 4.07. The standard InChI is InChI=1S/C17H20FNO/c1-3-16(19)17(13-6-4-12(2)5-7-13)20-15-10-8-14(18)9-11-15/h4-11,16-17H,3,19H2,1-2H3. The summed E-state index contributed by atoms with van der Waals surface area (Å²) in [7, 11) is 0. The fraction of sp³-hybridized carbons (Fsp3) is 0.294. The molecule has 0 bridgehead atoms. The van der Waals surface area contributed by atoms with E-state index in [-0.39, 0.29) is 18.0 Å². The molecule has 0 aromatic heterocycles. The van der Waals surface area contributed by atoms with E-state index in [1.54, 1.807) is 12.1 Å². The second-order valence-corrected chi connectivity index (χ2v) is 4.98. The summed E-state index contributed by atoms with van der Waals surface area (Å²) in [6, 6.07) is 14.0. The maximum absolute atomic E-state index is 12.9. The molecular formula is C17H20FNO. The molecule has 0 radical (unpaired) electrons. The molecule has 0 saturated heterocycles. The summed E-state index contributed by atoms with van der Waals surface area (Å²) in [5.41, 5.74) is 8.40. The minimum atomic E-state index is -0.274. The lowest BCUT2D eigenvalue weighted by Crippen LogP contribution is -2.31. The predicted molar refractivity (Wildman–Crippen MR) is 79.2 cm³/mol. The fourth-order valence-corrected chi connectivity index (χ4v) is 2.03. The fourth-order valence-electron chi connectivity index (χ4n) is 2.03. The molecule has 0 aliphatic carbocycles. The van der Waals surface area contributed by atoms with E-state index in [0.29, 0.717) is 5.75 Å². The second-order valence-electron chi connectivity index (χ2n) is 4.98. The molecule has 2 nitrogen and oxygen atoms in total. The summed E-state index contributed by atoms with van der Waals surface area (Å²) in [4.78, 5) is 0. The van der Waals surface area contributed by atoms with Crippen molar-refractivity contribution in [1.82, 2.24) is 0 Å². The number of hydrogen-bond acceptors (Lipinski definition) is 2. The molecular weight excluding hydrogens is 253 g/mol. The summed E-state index contributed by atoms with van der Waals surface area (Å²) in [6.07, 6.45) is 0.575. The molecule has 3 heteroatoms. The van der Waals surface area contributed by atoms with Crippen LogP contribution in [-0.2, 0) is 0 Å². The zero-order valence-electron chi connectivity index (χ0n) is 11.8. The average Bonchev–Trinajstić information content (AvgIpc) is 2.47. The van der Waals surface area contributed by atoms with Gasteiger partial charge in [0.1, 0.15) is 17.7 Å². The largest absolute Gasteiger partial charge is 0.484 e. The molecule has 0 spiro atoms. The maximum Gasteiger partial charge on any atom is 0.139 e. The summed E-state index contributed by atoms with van der Waals surface area (Å²) in [5.74, 6) is 0.352. The van der Waals surface area contributed by atoms with Gasteiger partial charge in [0.25, 0.3) is 0 Å². The molecule has 0 heterocycles. The Balaban J connectivity index is 2.23. The van der Waals surface area contributed by atoms with Crippen molar-refractivity contribution in [2.45, 2.75) is 32.4 Å². The molecule has 2 N–H and O–H groups in total. The van der Waals surface area contributed by atoms with Gasteiger partial charge in [-0.15, -0.1) is 0 Å². The van der Waals surface area contributed by atoms with Crippen LogP contribution in [-0.4, -0.2) is 6.04 Å². The van der Waals surface area contributed by atoms with Gasteiger partial charge in [0.15, 0.2) is 0 Å². The monoisotopic (exact) mass is 273 g/mol. The number of halogens is 1. The number of benzene rings is 2. The third kappa shape index (κ3) is 3.58. The lowest BCUT2D eigenvalue weighted by Gasteiger charge is -2.25. The Bertz CT molecular complexity index is 536. The van der Waals surface area contributed by atoms with E-state index in [4.69, 9.17) is 10.5 Å². The van der Waals surface area contributed by atoms with Crippen LogP contribution in [0.1, 0.15) is 30.6 Å². The van der Waals surface area contributed by atoms with Crippen LogP contribution in [0.3, 0.4) is 0 Å². The summed E-state index contributed by atoms with van der Waals surface area (Å²) in [5, 5.41) is 0. The van der Waals surface area contributed by atoms with Crippen molar-refractivity contribution in [3.05, 3.63) is 65.5 Å². The topological polar surface area (TPSA) is 35.2 Å². The van der Waals surface area contributed by atoms with Gasteiger partial charge in [0.2, 0.25) is 0 Å². The summed E-state index contributed by atoms with van der Waals surface area (Å²) < 4.78 is 18.9.